The number of likely N-dealkylation sites (N-methyl/N-ethyl adjacent to an activating group) is 1. The smallest absolute Gasteiger partial charge is 0.317 e. The van der Waals surface area contributed by atoms with Crippen LogP contribution < -0.4 is 10.6 Å². The van der Waals surface area contributed by atoms with Crippen molar-refractivity contribution >= 4 is 35.1 Å². The van der Waals surface area contributed by atoms with Gasteiger partial charge in [0.05, 0.1) is 21.6 Å². The number of rotatable bonds is 4. The van der Waals surface area contributed by atoms with Gasteiger partial charge in [0.2, 0.25) is 5.91 Å². The van der Waals surface area contributed by atoms with E-state index in [0.717, 1.165) is 32.1 Å². The minimum absolute atomic E-state index is 0.0971. The van der Waals surface area contributed by atoms with Crippen molar-refractivity contribution < 1.29 is 14.0 Å². The van der Waals surface area contributed by atoms with Crippen LogP contribution in [0.25, 0.3) is 0 Å². The number of nitrogens with zero attached hydrogens (tertiary/aromatic N) is 1. The van der Waals surface area contributed by atoms with Gasteiger partial charge in [0.1, 0.15) is 5.82 Å². The second-order valence-electron chi connectivity index (χ2n) is 9.57. The molecule has 3 atom stereocenters. The van der Waals surface area contributed by atoms with Crippen LogP contribution >= 0.6 is 23.2 Å². The number of urea groups is 1. The van der Waals surface area contributed by atoms with Crippen LogP contribution in [0.4, 0.5) is 9.18 Å². The van der Waals surface area contributed by atoms with Crippen molar-refractivity contribution in [1.82, 2.24) is 15.5 Å². The number of carbonyl (C=O) groups is 2. The SMILES string of the molecule is CN1C[C@]2(CC[C@@H](C(=O)N[C@@H](c3c(F)ccc(Cl)c3Cl)C3(C)CCCC3)C2)NC1=O. The molecule has 1 aromatic carbocycles. The number of amides is 3. The van der Waals surface area contributed by atoms with Crippen LogP contribution in [0.1, 0.15) is 63.5 Å². The van der Waals surface area contributed by atoms with Gasteiger partial charge in [-0.3, -0.25) is 4.79 Å². The van der Waals surface area contributed by atoms with Crippen molar-refractivity contribution in [3.63, 3.8) is 0 Å². The molecule has 0 bridgehead atoms. The molecule has 0 aromatic heterocycles. The predicted molar refractivity (Wildman–Crippen MR) is 115 cm³/mol. The minimum atomic E-state index is -0.545. The number of hydrogen-bond acceptors (Lipinski definition) is 2. The summed E-state index contributed by atoms with van der Waals surface area (Å²) in [7, 11) is 1.76. The van der Waals surface area contributed by atoms with Gasteiger partial charge in [-0.2, -0.15) is 0 Å². The lowest BCUT2D eigenvalue weighted by molar-refractivity contribution is -0.126. The average Bonchev–Trinajstić information content (AvgIpc) is 3.38. The highest BCUT2D eigenvalue weighted by molar-refractivity contribution is 6.42. The third kappa shape index (κ3) is 3.77. The molecular formula is C22H28Cl2FN3O2. The van der Waals surface area contributed by atoms with Crippen molar-refractivity contribution in [3.8, 4) is 0 Å². The van der Waals surface area contributed by atoms with Crippen LogP contribution in [0, 0.1) is 17.2 Å². The number of hydrogen-bond donors (Lipinski definition) is 2. The molecule has 1 aromatic rings. The molecule has 8 heteroatoms. The maximum Gasteiger partial charge on any atom is 0.317 e. The summed E-state index contributed by atoms with van der Waals surface area (Å²) < 4.78 is 14.9. The highest BCUT2D eigenvalue weighted by atomic mass is 35.5. The standard InChI is InChI=1S/C22H28Cl2FN3O2/c1-21(8-3-4-9-21)18(16-15(25)6-5-14(23)17(16)24)26-19(29)13-7-10-22(11-13)12-28(2)20(30)27-22/h5-6,13,18H,3-4,7-12H2,1-2H3,(H,26,29)(H,27,30)/t13-,18+,22-/m1/s1. The summed E-state index contributed by atoms with van der Waals surface area (Å²) in [4.78, 5) is 26.9. The van der Waals surface area contributed by atoms with Gasteiger partial charge in [-0.15, -0.1) is 0 Å². The van der Waals surface area contributed by atoms with Gasteiger partial charge in [0, 0.05) is 25.1 Å². The van der Waals surface area contributed by atoms with Gasteiger partial charge in [-0.1, -0.05) is 43.0 Å². The molecule has 0 unspecified atom stereocenters. The summed E-state index contributed by atoms with van der Waals surface area (Å²) in [5, 5.41) is 6.64. The molecule has 30 heavy (non-hydrogen) atoms. The van der Waals surface area contributed by atoms with E-state index in [0.29, 0.717) is 19.4 Å². The molecule has 4 rings (SSSR count). The summed E-state index contributed by atoms with van der Waals surface area (Å²) in [6, 6.07) is 2.12. The van der Waals surface area contributed by atoms with Crippen LogP contribution in [0.5, 0.6) is 0 Å². The fraction of sp³-hybridized carbons (Fsp3) is 0.636. The Labute approximate surface area is 186 Å². The maximum absolute atomic E-state index is 14.9. The highest BCUT2D eigenvalue weighted by Gasteiger charge is 2.49. The van der Waals surface area contributed by atoms with Gasteiger partial charge in [0.25, 0.3) is 0 Å². The highest BCUT2D eigenvalue weighted by Crippen LogP contribution is 2.50. The zero-order valence-electron chi connectivity index (χ0n) is 17.4. The number of halogens is 3. The van der Waals surface area contributed by atoms with E-state index in [1.54, 1.807) is 11.9 Å². The number of carbonyl (C=O) groups excluding carboxylic acids is 2. The Balaban J connectivity index is 1.58. The molecule has 1 spiro atoms. The second-order valence-corrected chi connectivity index (χ2v) is 10.4. The zero-order chi connectivity index (χ0) is 21.7. The fourth-order valence-corrected chi connectivity index (χ4v) is 6.06. The van der Waals surface area contributed by atoms with Crippen molar-refractivity contribution in [2.24, 2.45) is 11.3 Å². The molecule has 2 saturated carbocycles. The lowest BCUT2D eigenvalue weighted by Crippen LogP contribution is -2.44. The van der Waals surface area contributed by atoms with Gasteiger partial charge in [-0.05, 0) is 49.7 Å². The zero-order valence-corrected chi connectivity index (χ0v) is 18.9. The predicted octanol–water partition coefficient (Wildman–Crippen LogP) is 5.06. The number of nitrogens with one attached hydrogen (secondary N) is 2. The Morgan fingerprint density at radius 2 is 2.00 bits per heavy atom. The first kappa shape index (κ1) is 21.7. The van der Waals surface area contributed by atoms with Crippen LogP contribution in [0.3, 0.4) is 0 Å². The average molecular weight is 456 g/mol. The summed E-state index contributed by atoms with van der Waals surface area (Å²) in [5.74, 6) is -0.787. The Kier molecular flexibility index (Phi) is 5.69. The molecule has 5 nitrogen and oxygen atoms in total. The van der Waals surface area contributed by atoms with E-state index in [1.165, 1.54) is 12.1 Å². The van der Waals surface area contributed by atoms with Crippen molar-refractivity contribution in [1.29, 1.82) is 0 Å². The van der Waals surface area contributed by atoms with Gasteiger partial charge in [0.15, 0.2) is 0 Å². The molecule has 3 fully saturated rings. The Hall–Kier alpha value is -1.53. The summed E-state index contributed by atoms with van der Waals surface area (Å²) in [6.07, 6.45) is 5.88. The van der Waals surface area contributed by atoms with E-state index in [1.807, 2.05) is 0 Å². The first-order valence-electron chi connectivity index (χ1n) is 10.6. The molecule has 2 N–H and O–H groups in total. The Bertz CT molecular complexity index is 874. The van der Waals surface area contributed by atoms with Gasteiger partial charge >= 0.3 is 6.03 Å². The maximum atomic E-state index is 14.9. The van der Waals surface area contributed by atoms with Crippen LogP contribution in [-0.2, 0) is 4.79 Å². The summed E-state index contributed by atoms with van der Waals surface area (Å²) in [5.41, 5.74) is -0.355. The largest absolute Gasteiger partial charge is 0.348 e. The van der Waals surface area contributed by atoms with E-state index < -0.39 is 11.9 Å². The van der Waals surface area contributed by atoms with Crippen LogP contribution in [0.2, 0.25) is 10.0 Å². The summed E-state index contributed by atoms with van der Waals surface area (Å²) in [6.45, 7) is 2.69. The van der Waals surface area contributed by atoms with E-state index in [2.05, 4.69) is 17.6 Å². The van der Waals surface area contributed by atoms with E-state index >= 15 is 0 Å². The topological polar surface area (TPSA) is 61.4 Å². The van der Waals surface area contributed by atoms with Gasteiger partial charge < -0.3 is 15.5 Å². The second kappa shape index (κ2) is 7.86. The van der Waals surface area contributed by atoms with E-state index in [-0.39, 0.29) is 44.4 Å². The number of benzene rings is 1. The molecule has 1 saturated heterocycles. The first-order chi connectivity index (χ1) is 14.1. The van der Waals surface area contributed by atoms with Gasteiger partial charge in [-0.25, -0.2) is 9.18 Å². The Morgan fingerprint density at radius 1 is 1.30 bits per heavy atom. The van der Waals surface area contributed by atoms with Crippen molar-refractivity contribution in [3.05, 3.63) is 33.6 Å². The third-order valence-corrected chi connectivity index (χ3v) is 8.15. The monoisotopic (exact) mass is 455 g/mol. The third-order valence-electron chi connectivity index (χ3n) is 7.34. The molecule has 0 radical (unpaired) electrons. The molecule has 1 heterocycles. The summed E-state index contributed by atoms with van der Waals surface area (Å²) >= 11 is 12.6. The quantitative estimate of drug-likeness (QED) is 0.622. The fourth-order valence-electron chi connectivity index (χ4n) is 5.63. The first-order valence-corrected chi connectivity index (χ1v) is 11.4. The molecule has 1 aliphatic heterocycles. The molecule has 3 aliphatic rings. The lowest BCUT2D eigenvalue weighted by atomic mass is 9.76. The van der Waals surface area contributed by atoms with Crippen LogP contribution in [-0.4, -0.2) is 36.0 Å². The van der Waals surface area contributed by atoms with Crippen LogP contribution in [0.15, 0.2) is 12.1 Å². The van der Waals surface area contributed by atoms with Crippen molar-refractivity contribution in [2.45, 2.75) is 63.5 Å². The van der Waals surface area contributed by atoms with Crippen molar-refractivity contribution in [2.75, 3.05) is 13.6 Å². The van der Waals surface area contributed by atoms with E-state index in [9.17, 15) is 14.0 Å². The van der Waals surface area contributed by atoms with E-state index in [4.69, 9.17) is 23.2 Å². The Morgan fingerprint density at radius 3 is 2.63 bits per heavy atom. The lowest BCUT2D eigenvalue weighted by Gasteiger charge is -2.36. The normalized spacial score (nSPS) is 28.8. The molecule has 3 amide bonds. The molecule has 2 aliphatic carbocycles. The molecular weight excluding hydrogens is 428 g/mol. The molecule has 164 valence electrons. The minimum Gasteiger partial charge on any atom is -0.348 e.